The lowest BCUT2D eigenvalue weighted by Crippen LogP contribution is -2.43. The monoisotopic (exact) mass is 424 g/mol. The van der Waals surface area contributed by atoms with Crippen LogP contribution in [0.1, 0.15) is 98.3 Å². The van der Waals surface area contributed by atoms with E-state index in [4.69, 9.17) is 0 Å². The molecule has 0 spiro atoms. The maximum atomic E-state index is 14.3. The Kier molecular flexibility index (Phi) is 7.19. The van der Waals surface area contributed by atoms with Crippen molar-refractivity contribution < 1.29 is 19.0 Å². The summed E-state index contributed by atoms with van der Waals surface area (Å²) in [6.45, 7) is 6.96. The second-order valence-corrected chi connectivity index (χ2v) is 11.2. The van der Waals surface area contributed by atoms with Gasteiger partial charge >= 0.3 is 0 Å². The van der Waals surface area contributed by atoms with Gasteiger partial charge in [-0.05, 0) is 101 Å². The molecule has 3 fully saturated rings. The van der Waals surface area contributed by atoms with Gasteiger partial charge in [-0.1, -0.05) is 37.1 Å². The summed E-state index contributed by atoms with van der Waals surface area (Å²) in [5.41, 5.74) is 1.13. The third-order valence-electron chi connectivity index (χ3n) is 8.60. The zero-order valence-corrected chi connectivity index (χ0v) is 19.4. The molecule has 2 N–H and O–H groups in total. The number of rotatable bonds is 6. The fraction of sp³-hybridized carbons (Fsp3) is 0.846. The summed E-state index contributed by atoms with van der Waals surface area (Å²) in [5, 5.41) is 19.7. The van der Waals surface area contributed by atoms with Gasteiger partial charge in [0.15, 0.2) is 0 Å². The molecule has 2 nitrogen and oxygen atoms in total. The van der Waals surface area contributed by atoms with Crippen molar-refractivity contribution >= 4 is 0 Å². The maximum Gasteiger partial charge on any atom is 0.275 e. The minimum absolute atomic E-state index is 0.182. The van der Waals surface area contributed by atoms with Crippen molar-refractivity contribution in [1.82, 2.24) is 0 Å². The van der Waals surface area contributed by atoms with E-state index in [-0.39, 0.29) is 23.9 Å². The molecule has 0 heterocycles. The summed E-state index contributed by atoms with van der Waals surface area (Å²) in [5.74, 6) is -1.79. The van der Waals surface area contributed by atoms with Gasteiger partial charge in [-0.2, -0.15) is 0 Å². The lowest BCUT2D eigenvalue weighted by molar-refractivity contribution is -0.168. The van der Waals surface area contributed by atoms with Crippen LogP contribution < -0.4 is 0 Å². The Morgan fingerprint density at radius 3 is 2.53 bits per heavy atom. The van der Waals surface area contributed by atoms with Crippen LogP contribution in [-0.2, 0) is 0 Å². The highest BCUT2D eigenvalue weighted by Crippen LogP contribution is 2.60. The Labute approximate surface area is 181 Å². The number of allylic oxidation sites excluding steroid dienone is 3. The molecule has 0 aromatic rings. The molecule has 0 aromatic carbocycles. The van der Waals surface area contributed by atoms with Gasteiger partial charge in [0.25, 0.3) is 5.92 Å². The van der Waals surface area contributed by atoms with Gasteiger partial charge in [0, 0.05) is 6.42 Å². The Bertz CT molecular complexity index is 660. The SMILES string of the molecule is CC(CCC(F)(F)C(C)(C)O)C1CCC2/C(=C/C=C3/CCCC(O)C3)CCCC21C. The van der Waals surface area contributed by atoms with Crippen LogP contribution in [-0.4, -0.2) is 27.8 Å². The Balaban J connectivity index is 1.68. The lowest BCUT2D eigenvalue weighted by Gasteiger charge is -2.44. The molecule has 3 aliphatic carbocycles. The Hall–Kier alpha value is -0.740. The molecule has 4 heteroatoms. The maximum absolute atomic E-state index is 14.3. The van der Waals surface area contributed by atoms with E-state index in [9.17, 15) is 19.0 Å². The highest BCUT2D eigenvalue weighted by atomic mass is 19.3. The zero-order valence-electron chi connectivity index (χ0n) is 19.4. The molecule has 5 atom stereocenters. The van der Waals surface area contributed by atoms with Gasteiger partial charge in [-0.15, -0.1) is 0 Å². The van der Waals surface area contributed by atoms with Crippen molar-refractivity contribution in [3.05, 3.63) is 23.3 Å². The number of alkyl halides is 2. The number of aliphatic hydroxyl groups excluding tert-OH is 1. The van der Waals surface area contributed by atoms with Gasteiger partial charge in [0.2, 0.25) is 0 Å². The first-order chi connectivity index (χ1) is 13.9. The highest BCUT2D eigenvalue weighted by molar-refractivity contribution is 5.25. The minimum atomic E-state index is -3.05. The predicted octanol–water partition coefficient (Wildman–Crippen LogP) is 6.81. The number of aliphatic hydroxyl groups is 2. The summed E-state index contributed by atoms with van der Waals surface area (Å²) in [6, 6.07) is 0. The first-order valence-corrected chi connectivity index (χ1v) is 12.1. The summed E-state index contributed by atoms with van der Waals surface area (Å²) < 4.78 is 28.6. The molecule has 3 rings (SSSR count). The van der Waals surface area contributed by atoms with Crippen LogP contribution in [0.15, 0.2) is 23.3 Å². The molecule has 0 radical (unpaired) electrons. The minimum Gasteiger partial charge on any atom is -0.393 e. The number of fused-ring (bicyclic) bond motifs is 1. The molecule has 0 amide bonds. The van der Waals surface area contributed by atoms with E-state index in [0.29, 0.717) is 18.3 Å². The average molecular weight is 425 g/mol. The fourth-order valence-corrected chi connectivity index (χ4v) is 6.58. The molecule has 0 aromatic heterocycles. The van der Waals surface area contributed by atoms with Gasteiger partial charge in [0.05, 0.1) is 6.10 Å². The van der Waals surface area contributed by atoms with Crippen molar-refractivity contribution in [2.45, 2.75) is 116 Å². The Morgan fingerprint density at radius 2 is 1.87 bits per heavy atom. The van der Waals surface area contributed by atoms with Crippen molar-refractivity contribution in [2.24, 2.45) is 23.2 Å². The summed E-state index contributed by atoms with van der Waals surface area (Å²) in [4.78, 5) is 0. The molecule has 30 heavy (non-hydrogen) atoms. The second-order valence-electron chi connectivity index (χ2n) is 11.2. The van der Waals surface area contributed by atoms with Crippen molar-refractivity contribution in [3.63, 3.8) is 0 Å². The lowest BCUT2D eigenvalue weighted by atomic mass is 9.60. The molecule has 0 aliphatic heterocycles. The fourth-order valence-electron chi connectivity index (χ4n) is 6.58. The standard InChI is InChI=1S/C26H42F2O2/c1-18(14-16-26(27,28)24(2,3)30)22-12-13-23-20(8-6-15-25(22,23)4)11-10-19-7-5-9-21(29)17-19/h10-11,18,21-23,29-30H,5-9,12-17H2,1-4H3/b19-10-,20-11+. The zero-order chi connectivity index (χ0) is 22.2. The van der Waals surface area contributed by atoms with Gasteiger partial charge in [-0.25, -0.2) is 8.78 Å². The first kappa shape index (κ1) is 23.9. The van der Waals surface area contributed by atoms with Gasteiger partial charge < -0.3 is 10.2 Å². The van der Waals surface area contributed by atoms with Gasteiger partial charge in [0.1, 0.15) is 5.60 Å². The summed E-state index contributed by atoms with van der Waals surface area (Å²) in [6.07, 6.45) is 14.3. The topological polar surface area (TPSA) is 40.5 Å². The van der Waals surface area contributed by atoms with Crippen LogP contribution in [0.4, 0.5) is 8.78 Å². The molecule has 172 valence electrons. The quantitative estimate of drug-likeness (QED) is 0.491. The van der Waals surface area contributed by atoms with E-state index in [0.717, 1.165) is 44.9 Å². The van der Waals surface area contributed by atoms with E-state index < -0.39 is 11.5 Å². The molecule has 5 unspecified atom stereocenters. The largest absolute Gasteiger partial charge is 0.393 e. The number of halogens is 2. The molecular formula is C26H42F2O2. The number of hydrogen-bond donors (Lipinski definition) is 2. The first-order valence-electron chi connectivity index (χ1n) is 12.1. The van der Waals surface area contributed by atoms with Crippen LogP contribution in [0, 0.1) is 23.2 Å². The van der Waals surface area contributed by atoms with E-state index in [1.165, 1.54) is 37.8 Å². The van der Waals surface area contributed by atoms with Crippen LogP contribution in [0.3, 0.4) is 0 Å². The van der Waals surface area contributed by atoms with Crippen LogP contribution in [0.2, 0.25) is 0 Å². The van der Waals surface area contributed by atoms with Crippen LogP contribution in [0.5, 0.6) is 0 Å². The van der Waals surface area contributed by atoms with Crippen LogP contribution in [0.25, 0.3) is 0 Å². The van der Waals surface area contributed by atoms with E-state index in [1.807, 2.05) is 0 Å². The van der Waals surface area contributed by atoms with E-state index in [2.05, 4.69) is 26.0 Å². The van der Waals surface area contributed by atoms with Gasteiger partial charge in [-0.3, -0.25) is 0 Å². The summed E-state index contributed by atoms with van der Waals surface area (Å²) >= 11 is 0. The van der Waals surface area contributed by atoms with Crippen LogP contribution >= 0.6 is 0 Å². The number of hydrogen-bond acceptors (Lipinski definition) is 2. The summed E-state index contributed by atoms with van der Waals surface area (Å²) in [7, 11) is 0. The van der Waals surface area contributed by atoms with Crippen molar-refractivity contribution in [1.29, 1.82) is 0 Å². The van der Waals surface area contributed by atoms with E-state index >= 15 is 0 Å². The molecule has 3 aliphatic rings. The Morgan fingerprint density at radius 1 is 1.13 bits per heavy atom. The smallest absolute Gasteiger partial charge is 0.275 e. The molecule has 0 saturated heterocycles. The van der Waals surface area contributed by atoms with Crippen molar-refractivity contribution in [3.8, 4) is 0 Å². The van der Waals surface area contributed by atoms with E-state index in [1.54, 1.807) is 0 Å². The van der Waals surface area contributed by atoms with Crippen molar-refractivity contribution in [2.75, 3.05) is 0 Å². The average Bonchev–Trinajstić information content (AvgIpc) is 3.01. The normalized spacial score (nSPS) is 36.9. The molecule has 0 bridgehead atoms. The molecule has 3 saturated carbocycles. The highest BCUT2D eigenvalue weighted by Gasteiger charge is 2.51. The second kappa shape index (κ2) is 9.02. The molecular weight excluding hydrogens is 382 g/mol. The third-order valence-corrected chi connectivity index (χ3v) is 8.60. The third kappa shape index (κ3) is 5.01. The predicted molar refractivity (Wildman–Crippen MR) is 118 cm³/mol.